The average molecular weight is 141 g/mol. The van der Waals surface area contributed by atoms with E-state index in [1.165, 1.54) is 13.0 Å². The van der Waals surface area contributed by atoms with Crippen molar-refractivity contribution in [3.05, 3.63) is 0 Å². The van der Waals surface area contributed by atoms with Crippen molar-refractivity contribution in [2.75, 3.05) is 6.54 Å². The van der Waals surface area contributed by atoms with Gasteiger partial charge in [0.1, 0.15) is 0 Å². The lowest BCUT2D eigenvalue weighted by molar-refractivity contribution is 0.0268. The van der Waals surface area contributed by atoms with E-state index < -0.39 is 0 Å². The third-order valence-corrected chi connectivity index (χ3v) is 2.39. The van der Waals surface area contributed by atoms with Gasteiger partial charge in [-0.1, -0.05) is 13.8 Å². The minimum Gasteiger partial charge on any atom is -0.298 e. The van der Waals surface area contributed by atoms with Crippen LogP contribution in [0, 0.1) is 5.92 Å². The van der Waals surface area contributed by atoms with Gasteiger partial charge in [-0.2, -0.15) is 0 Å². The van der Waals surface area contributed by atoms with Crippen LogP contribution < -0.4 is 0 Å². The second kappa shape index (κ2) is 2.91. The summed E-state index contributed by atoms with van der Waals surface area (Å²) in [5.41, 5.74) is 0. The summed E-state index contributed by atoms with van der Waals surface area (Å²) in [5.74, 6) is 0.824. The van der Waals surface area contributed by atoms with Crippen molar-refractivity contribution in [2.24, 2.45) is 5.92 Å². The Kier molecular flexibility index (Phi) is 2.35. The summed E-state index contributed by atoms with van der Waals surface area (Å²) >= 11 is 0. The highest BCUT2D eigenvalue weighted by atomic mass is 15.2. The molecule has 1 fully saturated rings. The second-order valence-corrected chi connectivity index (χ2v) is 4.02. The van der Waals surface area contributed by atoms with Gasteiger partial charge in [0, 0.05) is 18.6 Å². The molecule has 1 rings (SSSR count). The van der Waals surface area contributed by atoms with Gasteiger partial charge < -0.3 is 0 Å². The summed E-state index contributed by atoms with van der Waals surface area (Å²) in [6.45, 7) is 10.5. The first kappa shape index (κ1) is 8.06. The number of hydrogen-bond acceptors (Lipinski definition) is 1. The van der Waals surface area contributed by atoms with Crippen LogP contribution in [0.4, 0.5) is 0 Å². The van der Waals surface area contributed by atoms with Crippen LogP contribution in [0.15, 0.2) is 0 Å². The first-order chi connectivity index (χ1) is 4.61. The molecule has 0 aromatic carbocycles. The minimum atomic E-state index is 0.824. The molecule has 2 unspecified atom stereocenters. The monoisotopic (exact) mass is 141 g/mol. The fourth-order valence-electron chi connectivity index (χ4n) is 1.84. The molecule has 0 aromatic heterocycles. The fraction of sp³-hybridized carbons (Fsp3) is 1.00. The third kappa shape index (κ3) is 1.51. The Balaban J connectivity index is 2.26. The first-order valence-corrected chi connectivity index (χ1v) is 4.37. The van der Waals surface area contributed by atoms with Crippen LogP contribution >= 0.6 is 0 Å². The molecule has 0 bridgehead atoms. The minimum absolute atomic E-state index is 0.824. The van der Waals surface area contributed by atoms with Gasteiger partial charge in [0.2, 0.25) is 0 Å². The first-order valence-electron chi connectivity index (χ1n) is 4.37. The predicted molar refractivity (Wildman–Crippen MR) is 45.1 cm³/mol. The highest BCUT2D eigenvalue weighted by Gasteiger charge is 2.31. The Morgan fingerprint density at radius 2 is 1.80 bits per heavy atom. The van der Waals surface area contributed by atoms with E-state index in [-0.39, 0.29) is 0 Å². The molecule has 0 amide bonds. The van der Waals surface area contributed by atoms with E-state index in [0.29, 0.717) is 0 Å². The van der Waals surface area contributed by atoms with Crippen molar-refractivity contribution in [3.63, 3.8) is 0 Å². The molecule has 0 radical (unpaired) electrons. The van der Waals surface area contributed by atoms with Crippen LogP contribution in [-0.4, -0.2) is 23.5 Å². The standard InChI is InChI=1S/C9H19N/c1-7(2)6-10-8(3)5-9(10)4/h7-9H,5-6H2,1-4H3. The fourth-order valence-corrected chi connectivity index (χ4v) is 1.84. The number of nitrogens with zero attached hydrogens (tertiary/aromatic N) is 1. The maximum Gasteiger partial charge on any atom is 0.00846 e. The lowest BCUT2D eigenvalue weighted by Gasteiger charge is -2.46. The lowest BCUT2D eigenvalue weighted by Crippen LogP contribution is -2.53. The van der Waals surface area contributed by atoms with Gasteiger partial charge in [0.25, 0.3) is 0 Å². The van der Waals surface area contributed by atoms with E-state index in [0.717, 1.165) is 18.0 Å². The summed E-state index contributed by atoms with van der Waals surface area (Å²) in [4.78, 5) is 2.59. The van der Waals surface area contributed by atoms with Crippen molar-refractivity contribution in [1.29, 1.82) is 0 Å². The zero-order valence-electron chi connectivity index (χ0n) is 7.59. The largest absolute Gasteiger partial charge is 0.298 e. The molecule has 2 atom stereocenters. The zero-order valence-corrected chi connectivity index (χ0v) is 7.59. The topological polar surface area (TPSA) is 3.24 Å². The molecule has 0 saturated carbocycles. The van der Waals surface area contributed by atoms with Crippen molar-refractivity contribution in [2.45, 2.75) is 46.2 Å². The van der Waals surface area contributed by atoms with Gasteiger partial charge in [-0.15, -0.1) is 0 Å². The molecule has 1 saturated heterocycles. The molecular formula is C9H19N. The number of likely N-dealkylation sites (tertiary alicyclic amines) is 1. The summed E-state index contributed by atoms with van der Waals surface area (Å²) in [6, 6.07) is 1.69. The van der Waals surface area contributed by atoms with E-state index in [9.17, 15) is 0 Å². The van der Waals surface area contributed by atoms with Gasteiger partial charge in [0.15, 0.2) is 0 Å². The maximum atomic E-state index is 2.59. The average Bonchev–Trinajstić information content (AvgIpc) is 1.84. The van der Waals surface area contributed by atoms with Crippen LogP contribution in [0.2, 0.25) is 0 Å². The molecule has 1 aliphatic heterocycles. The Morgan fingerprint density at radius 1 is 1.30 bits per heavy atom. The van der Waals surface area contributed by atoms with Crippen molar-refractivity contribution >= 4 is 0 Å². The molecule has 1 heteroatoms. The predicted octanol–water partition coefficient (Wildman–Crippen LogP) is 2.13. The second-order valence-electron chi connectivity index (χ2n) is 4.02. The van der Waals surface area contributed by atoms with Gasteiger partial charge in [0.05, 0.1) is 0 Å². The van der Waals surface area contributed by atoms with E-state index in [1.54, 1.807) is 0 Å². The normalized spacial score (nSPS) is 34.5. The molecule has 0 N–H and O–H groups in total. The molecule has 0 aromatic rings. The Labute approximate surface area is 64.4 Å². The molecule has 0 spiro atoms. The molecule has 10 heavy (non-hydrogen) atoms. The van der Waals surface area contributed by atoms with Gasteiger partial charge in [-0.05, 0) is 26.2 Å². The Hall–Kier alpha value is -0.0400. The van der Waals surface area contributed by atoms with Crippen LogP contribution in [0.1, 0.15) is 34.1 Å². The van der Waals surface area contributed by atoms with Crippen molar-refractivity contribution < 1.29 is 0 Å². The van der Waals surface area contributed by atoms with Crippen molar-refractivity contribution in [1.82, 2.24) is 4.90 Å². The molecule has 60 valence electrons. The van der Waals surface area contributed by atoms with Crippen LogP contribution in [0.25, 0.3) is 0 Å². The van der Waals surface area contributed by atoms with Crippen LogP contribution in [0.3, 0.4) is 0 Å². The summed E-state index contributed by atoms with van der Waals surface area (Å²) in [7, 11) is 0. The van der Waals surface area contributed by atoms with Gasteiger partial charge in [-0.25, -0.2) is 0 Å². The maximum absolute atomic E-state index is 2.59. The Morgan fingerprint density at radius 3 is 2.00 bits per heavy atom. The van der Waals surface area contributed by atoms with Crippen molar-refractivity contribution in [3.8, 4) is 0 Å². The molecular weight excluding hydrogens is 122 g/mol. The summed E-state index contributed by atoms with van der Waals surface area (Å²) in [5, 5.41) is 0. The van der Waals surface area contributed by atoms with Gasteiger partial charge in [-0.3, -0.25) is 4.90 Å². The zero-order chi connectivity index (χ0) is 7.72. The molecule has 1 nitrogen and oxygen atoms in total. The van der Waals surface area contributed by atoms with Crippen LogP contribution in [-0.2, 0) is 0 Å². The summed E-state index contributed by atoms with van der Waals surface area (Å²) in [6.07, 6.45) is 1.40. The smallest absolute Gasteiger partial charge is 0.00846 e. The van der Waals surface area contributed by atoms with E-state index in [2.05, 4.69) is 32.6 Å². The molecule has 1 heterocycles. The molecule has 0 aliphatic carbocycles. The third-order valence-electron chi connectivity index (χ3n) is 2.39. The highest BCUT2D eigenvalue weighted by molar-refractivity contribution is 4.86. The van der Waals surface area contributed by atoms with Crippen LogP contribution in [0.5, 0.6) is 0 Å². The Bertz CT molecular complexity index is 101. The number of hydrogen-bond donors (Lipinski definition) is 0. The van der Waals surface area contributed by atoms with Gasteiger partial charge >= 0.3 is 0 Å². The summed E-state index contributed by atoms with van der Waals surface area (Å²) < 4.78 is 0. The molecule has 1 aliphatic rings. The van der Waals surface area contributed by atoms with E-state index in [1.807, 2.05) is 0 Å². The highest BCUT2D eigenvalue weighted by Crippen LogP contribution is 2.25. The van der Waals surface area contributed by atoms with E-state index in [4.69, 9.17) is 0 Å². The van der Waals surface area contributed by atoms with E-state index >= 15 is 0 Å². The quantitative estimate of drug-likeness (QED) is 0.569. The SMILES string of the molecule is CC(C)CN1C(C)CC1C. The number of rotatable bonds is 2. The lowest BCUT2D eigenvalue weighted by atomic mass is 9.94.